The number of rotatable bonds is 6. The molecule has 7 nitrogen and oxygen atoms in total. The second-order valence-corrected chi connectivity index (χ2v) is 5.87. The number of aryl methyl sites for hydroxylation is 1. The van der Waals surface area contributed by atoms with Crippen molar-refractivity contribution in [3.63, 3.8) is 0 Å². The molecule has 0 saturated carbocycles. The number of carbonyl (C=O) groups is 3. The minimum atomic E-state index is -1.19. The Morgan fingerprint density at radius 3 is 2.33 bits per heavy atom. The minimum Gasteiger partial charge on any atom is -0.497 e. The number of ketones is 1. The maximum atomic E-state index is 14.0. The maximum Gasteiger partial charge on any atom is 0.341 e. The molecule has 0 unspecified atom stereocenters. The zero-order valence-corrected chi connectivity index (χ0v) is 15.6. The molecule has 1 N–H and O–H groups in total. The molecule has 0 amide bonds. The molecule has 0 fully saturated rings. The summed E-state index contributed by atoms with van der Waals surface area (Å²) >= 11 is 0. The van der Waals surface area contributed by atoms with Gasteiger partial charge in [0.2, 0.25) is 5.78 Å². The standard InChI is InChI=1S/C19H20FNO6/c1-9-15(19(24)26-5)10(2)21-16(9)17(22)11(3)27-18(23)13-7-6-12(25-4)8-14(13)20/h6-8,11,21H,1-5H3/t11-/m1/s1. The highest BCUT2D eigenvalue weighted by Gasteiger charge is 2.28. The van der Waals surface area contributed by atoms with Gasteiger partial charge < -0.3 is 19.2 Å². The van der Waals surface area contributed by atoms with Gasteiger partial charge in [-0.2, -0.15) is 0 Å². The predicted molar refractivity (Wildman–Crippen MR) is 93.8 cm³/mol. The Morgan fingerprint density at radius 2 is 1.78 bits per heavy atom. The van der Waals surface area contributed by atoms with E-state index in [4.69, 9.17) is 14.2 Å². The van der Waals surface area contributed by atoms with E-state index in [9.17, 15) is 18.8 Å². The number of benzene rings is 1. The highest BCUT2D eigenvalue weighted by atomic mass is 19.1. The summed E-state index contributed by atoms with van der Waals surface area (Å²) in [7, 11) is 2.61. The van der Waals surface area contributed by atoms with Crippen molar-refractivity contribution in [3.8, 4) is 5.75 Å². The molecule has 0 spiro atoms. The van der Waals surface area contributed by atoms with Crippen molar-refractivity contribution in [2.24, 2.45) is 0 Å². The molecule has 1 heterocycles. The van der Waals surface area contributed by atoms with Gasteiger partial charge in [0, 0.05) is 11.8 Å². The Morgan fingerprint density at radius 1 is 1.11 bits per heavy atom. The number of esters is 2. The van der Waals surface area contributed by atoms with Crippen LogP contribution in [0.4, 0.5) is 4.39 Å². The minimum absolute atomic E-state index is 0.128. The van der Waals surface area contributed by atoms with Crippen LogP contribution in [-0.2, 0) is 9.47 Å². The molecule has 0 aliphatic heterocycles. The Bertz CT molecular complexity index is 902. The average molecular weight is 377 g/mol. The second-order valence-electron chi connectivity index (χ2n) is 5.87. The number of nitrogens with one attached hydrogen (secondary N) is 1. The van der Waals surface area contributed by atoms with Crippen molar-refractivity contribution < 1.29 is 33.0 Å². The Hall–Kier alpha value is -3.16. The first-order valence-corrected chi connectivity index (χ1v) is 8.07. The molecule has 0 aliphatic rings. The van der Waals surface area contributed by atoms with Crippen molar-refractivity contribution in [1.29, 1.82) is 0 Å². The van der Waals surface area contributed by atoms with Crippen molar-refractivity contribution >= 4 is 17.7 Å². The van der Waals surface area contributed by atoms with Crippen LogP contribution in [0.3, 0.4) is 0 Å². The lowest BCUT2D eigenvalue weighted by atomic mass is 10.1. The number of aromatic nitrogens is 1. The summed E-state index contributed by atoms with van der Waals surface area (Å²) < 4.78 is 28.7. The van der Waals surface area contributed by atoms with Crippen molar-refractivity contribution in [2.45, 2.75) is 26.9 Å². The summed E-state index contributed by atoms with van der Waals surface area (Å²) in [5.41, 5.74) is 0.916. The van der Waals surface area contributed by atoms with Crippen LogP contribution in [0.2, 0.25) is 0 Å². The van der Waals surface area contributed by atoms with Gasteiger partial charge in [-0.25, -0.2) is 14.0 Å². The molecule has 2 aromatic rings. The van der Waals surface area contributed by atoms with Crippen LogP contribution in [0.5, 0.6) is 5.75 Å². The Kier molecular flexibility index (Phi) is 5.99. The van der Waals surface area contributed by atoms with Gasteiger partial charge in [-0.3, -0.25) is 4.79 Å². The summed E-state index contributed by atoms with van der Waals surface area (Å²) in [6.07, 6.45) is -1.19. The summed E-state index contributed by atoms with van der Waals surface area (Å²) in [5.74, 6) is -2.68. The highest BCUT2D eigenvalue weighted by molar-refractivity contribution is 6.04. The Balaban J connectivity index is 2.21. The molecule has 27 heavy (non-hydrogen) atoms. The number of hydrogen-bond acceptors (Lipinski definition) is 6. The first-order valence-electron chi connectivity index (χ1n) is 8.07. The molecule has 1 aromatic heterocycles. The number of H-pyrrole nitrogens is 1. The number of carbonyl (C=O) groups excluding carboxylic acids is 3. The monoisotopic (exact) mass is 377 g/mol. The van der Waals surface area contributed by atoms with Gasteiger partial charge in [-0.1, -0.05) is 0 Å². The van der Waals surface area contributed by atoms with E-state index in [1.165, 1.54) is 33.3 Å². The van der Waals surface area contributed by atoms with Gasteiger partial charge in [-0.15, -0.1) is 0 Å². The third-order valence-electron chi connectivity index (χ3n) is 4.12. The molecular formula is C19H20FNO6. The molecule has 0 saturated heterocycles. The topological polar surface area (TPSA) is 94.7 Å². The summed E-state index contributed by atoms with van der Waals surface area (Å²) in [4.78, 5) is 39.4. The first kappa shape index (κ1) is 20.2. The van der Waals surface area contributed by atoms with Gasteiger partial charge >= 0.3 is 11.9 Å². The molecular weight excluding hydrogens is 357 g/mol. The third-order valence-corrected chi connectivity index (χ3v) is 4.12. The molecule has 0 radical (unpaired) electrons. The number of Topliss-reactive ketones (excluding diaryl/α,β-unsaturated/α-hetero) is 1. The van der Waals surface area contributed by atoms with Gasteiger partial charge in [0.05, 0.1) is 31.0 Å². The fourth-order valence-electron chi connectivity index (χ4n) is 2.67. The van der Waals surface area contributed by atoms with E-state index >= 15 is 0 Å². The third kappa shape index (κ3) is 3.99. The number of ether oxygens (including phenoxy) is 3. The normalized spacial score (nSPS) is 11.6. The molecule has 2 rings (SSSR count). The highest BCUT2D eigenvalue weighted by Crippen LogP contribution is 2.22. The summed E-state index contributed by atoms with van der Waals surface area (Å²) in [6.45, 7) is 4.58. The second kappa shape index (κ2) is 8.03. The van der Waals surface area contributed by atoms with Crippen molar-refractivity contribution in [3.05, 3.63) is 52.1 Å². The lowest BCUT2D eigenvalue weighted by Crippen LogP contribution is -2.25. The van der Waals surface area contributed by atoms with E-state index in [1.54, 1.807) is 13.8 Å². The number of hydrogen-bond donors (Lipinski definition) is 1. The molecule has 1 atom stereocenters. The van der Waals surface area contributed by atoms with Crippen LogP contribution >= 0.6 is 0 Å². The molecule has 8 heteroatoms. The fraction of sp³-hybridized carbons (Fsp3) is 0.316. The van der Waals surface area contributed by atoms with E-state index < -0.39 is 29.6 Å². The van der Waals surface area contributed by atoms with Crippen LogP contribution in [0, 0.1) is 19.7 Å². The van der Waals surface area contributed by atoms with Gasteiger partial charge in [0.25, 0.3) is 0 Å². The maximum absolute atomic E-state index is 14.0. The summed E-state index contributed by atoms with van der Waals surface area (Å²) in [5, 5.41) is 0. The van der Waals surface area contributed by atoms with E-state index in [-0.39, 0.29) is 22.6 Å². The van der Waals surface area contributed by atoms with Crippen LogP contribution in [-0.4, -0.2) is 43.0 Å². The van der Waals surface area contributed by atoms with E-state index in [1.807, 2.05) is 0 Å². The largest absolute Gasteiger partial charge is 0.497 e. The predicted octanol–water partition coefficient (Wildman–Crippen LogP) is 2.99. The quantitative estimate of drug-likeness (QED) is 0.614. The molecule has 144 valence electrons. The SMILES string of the molecule is COC(=O)c1c(C)[nH]c(C(=O)[C@@H](C)OC(=O)c2ccc(OC)cc2F)c1C. The van der Waals surface area contributed by atoms with Crippen LogP contribution in [0.15, 0.2) is 18.2 Å². The van der Waals surface area contributed by atoms with Gasteiger partial charge in [0.15, 0.2) is 6.10 Å². The number of halogens is 1. The molecule has 1 aromatic carbocycles. The lowest BCUT2D eigenvalue weighted by Gasteiger charge is -2.13. The van der Waals surface area contributed by atoms with Gasteiger partial charge in [-0.05, 0) is 38.5 Å². The van der Waals surface area contributed by atoms with Crippen LogP contribution in [0.1, 0.15) is 49.4 Å². The van der Waals surface area contributed by atoms with Crippen molar-refractivity contribution in [1.82, 2.24) is 4.98 Å². The first-order chi connectivity index (χ1) is 12.7. The summed E-state index contributed by atoms with van der Waals surface area (Å²) in [6, 6.07) is 3.67. The smallest absolute Gasteiger partial charge is 0.341 e. The number of methoxy groups -OCH3 is 2. The lowest BCUT2D eigenvalue weighted by molar-refractivity contribution is 0.0312. The fourth-order valence-corrected chi connectivity index (χ4v) is 2.67. The van der Waals surface area contributed by atoms with E-state index in [0.717, 1.165) is 6.07 Å². The zero-order valence-electron chi connectivity index (χ0n) is 15.6. The zero-order chi connectivity index (χ0) is 20.3. The van der Waals surface area contributed by atoms with Crippen LogP contribution in [0.25, 0.3) is 0 Å². The van der Waals surface area contributed by atoms with Gasteiger partial charge in [0.1, 0.15) is 11.6 Å². The van der Waals surface area contributed by atoms with E-state index in [2.05, 4.69) is 4.98 Å². The van der Waals surface area contributed by atoms with E-state index in [0.29, 0.717) is 11.3 Å². The Labute approximate surface area is 155 Å². The number of aromatic amines is 1. The van der Waals surface area contributed by atoms with Crippen LogP contribution < -0.4 is 4.74 Å². The molecule has 0 aliphatic carbocycles. The average Bonchev–Trinajstić information content (AvgIpc) is 2.94. The molecule has 0 bridgehead atoms. The van der Waals surface area contributed by atoms with Crippen molar-refractivity contribution in [2.75, 3.05) is 14.2 Å².